The molecule has 118 valence electrons. The van der Waals surface area contributed by atoms with Gasteiger partial charge in [0, 0.05) is 29.4 Å². The number of ether oxygens (including phenoxy) is 1. The normalized spacial score (nSPS) is 24.1. The maximum atomic E-state index is 12.4. The predicted molar refractivity (Wildman–Crippen MR) is 86.9 cm³/mol. The molecule has 21 heavy (non-hydrogen) atoms. The highest BCUT2D eigenvalue weighted by atomic mass is 32.2. The molecule has 0 bridgehead atoms. The van der Waals surface area contributed by atoms with Gasteiger partial charge in [-0.15, -0.1) is 11.8 Å². The summed E-state index contributed by atoms with van der Waals surface area (Å²) in [5, 5.41) is 0. The molecule has 1 heterocycles. The summed E-state index contributed by atoms with van der Waals surface area (Å²) in [6, 6.07) is 7.46. The van der Waals surface area contributed by atoms with Gasteiger partial charge in [0.2, 0.25) is 10.0 Å². The lowest BCUT2D eigenvalue weighted by Crippen LogP contribution is -2.49. The van der Waals surface area contributed by atoms with E-state index in [0.29, 0.717) is 24.5 Å². The lowest BCUT2D eigenvalue weighted by Gasteiger charge is -2.34. The zero-order valence-corrected chi connectivity index (χ0v) is 14.0. The smallest absolute Gasteiger partial charge is 0.215 e. The van der Waals surface area contributed by atoms with Crippen LogP contribution in [0.25, 0.3) is 0 Å². The van der Waals surface area contributed by atoms with Crippen LogP contribution in [-0.4, -0.2) is 49.5 Å². The third kappa shape index (κ3) is 4.88. The molecule has 1 saturated heterocycles. The number of rotatable bonds is 5. The molecular weight excluding hydrogens is 308 g/mol. The molecule has 0 aliphatic carbocycles. The van der Waals surface area contributed by atoms with Crippen molar-refractivity contribution in [3.8, 4) is 0 Å². The Morgan fingerprint density at radius 1 is 1.24 bits per heavy atom. The summed E-state index contributed by atoms with van der Waals surface area (Å²) in [5.74, 6) is 0.674. The van der Waals surface area contributed by atoms with Gasteiger partial charge in [-0.05, 0) is 38.1 Å². The summed E-state index contributed by atoms with van der Waals surface area (Å²) in [6.45, 7) is 4.70. The van der Waals surface area contributed by atoms with Gasteiger partial charge in [0.25, 0.3) is 0 Å². The van der Waals surface area contributed by atoms with Crippen LogP contribution in [-0.2, 0) is 14.8 Å². The highest BCUT2D eigenvalue weighted by Gasteiger charge is 2.30. The van der Waals surface area contributed by atoms with E-state index in [-0.39, 0.29) is 18.0 Å². The van der Waals surface area contributed by atoms with Gasteiger partial charge in [-0.3, -0.25) is 0 Å². The van der Waals surface area contributed by atoms with E-state index in [1.165, 1.54) is 11.8 Å². The second kappa shape index (κ2) is 7.00. The molecule has 0 saturated carbocycles. The van der Waals surface area contributed by atoms with Crippen LogP contribution in [0.4, 0.5) is 5.69 Å². The van der Waals surface area contributed by atoms with Gasteiger partial charge < -0.3 is 10.5 Å². The number of benzene rings is 1. The number of thioether (sulfide) groups is 1. The minimum atomic E-state index is -3.22. The van der Waals surface area contributed by atoms with Crippen LogP contribution in [0, 0.1) is 0 Å². The van der Waals surface area contributed by atoms with Gasteiger partial charge in [0.1, 0.15) is 0 Å². The van der Waals surface area contributed by atoms with Gasteiger partial charge in [-0.1, -0.05) is 0 Å². The van der Waals surface area contributed by atoms with Crippen LogP contribution in [0.3, 0.4) is 0 Å². The van der Waals surface area contributed by atoms with E-state index >= 15 is 0 Å². The topological polar surface area (TPSA) is 72.6 Å². The molecule has 0 radical (unpaired) electrons. The van der Waals surface area contributed by atoms with E-state index < -0.39 is 10.0 Å². The largest absolute Gasteiger partial charge is 0.399 e. The molecule has 0 aromatic heterocycles. The van der Waals surface area contributed by atoms with Crippen molar-refractivity contribution in [3.05, 3.63) is 24.3 Å². The lowest BCUT2D eigenvalue weighted by molar-refractivity contribution is -0.0440. The summed E-state index contributed by atoms with van der Waals surface area (Å²) >= 11 is 1.53. The highest BCUT2D eigenvalue weighted by Crippen LogP contribution is 2.21. The number of anilines is 1. The second-order valence-corrected chi connectivity index (χ2v) is 8.56. The van der Waals surface area contributed by atoms with E-state index in [1.807, 2.05) is 38.1 Å². The molecule has 0 amide bonds. The van der Waals surface area contributed by atoms with Gasteiger partial charge in [-0.2, -0.15) is 4.31 Å². The van der Waals surface area contributed by atoms with Crippen LogP contribution >= 0.6 is 11.8 Å². The monoisotopic (exact) mass is 330 g/mol. The molecule has 1 aliphatic heterocycles. The second-order valence-electron chi connectivity index (χ2n) is 5.31. The van der Waals surface area contributed by atoms with Crippen molar-refractivity contribution in [3.63, 3.8) is 0 Å². The zero-order valence-electron chi connectivity index (χ0n) is 12.4. The van der Waals surface area contributed by atoms with Crippen LogP contribution in [0.2, 0.25) is 0 Å². The van der Waals surface area contributed by atoms with Gasteiger partial charge in [-0.25, -0.2) is 8.42 Å². The Hall–Kier alpha value is -0.760. The van der Waals surface area contributed by atoms with Crippen LogP contribution in [0.5, 0.6) is 0 Å². The number of hydrogen-bond donors (Lipinski definition) is 1. The number of nitrogens with zero attached hydrogens (tertiary/aromatic N) is 1. The molecule has 1 aromatic carbocycles. The highest BCUT2D eigenvalue weighted by molar-refractivity contribution is 8.00. The Morgan fingerprint density at radius 3 is 2.38 bits per heavy atom. The average Bonchev–Trinajstić information content (AvgIpc) is 2.40. The lowest BCUT2D eigenvalue weighted by atomic mass is 10.3. The molecule has 2 atom stereocenters. The Kier molecular flexibility index (Phi) is 5.54. The Morgan fingerprint density at radius 2 is 1.81 bits per heavy atom. The van der Waals surface area contributed by atoms with Gasteiger partial charge >= 0.3 is 0 Å². The Bertz CT molecular complexity index is 550. The first-order valence-corrected chi connectivity index (χ1v) is 9.58. The van der Waals surface area contributed by atoms with Crippen molar-refractivity contribution in [2.24, 2.45) is 0 Å². The van der Waals surface area contributed by atoms with E-state index in [4.69, 9.17) is 10.5 Å². The Labute approximate surface area is 130 Å². The first-order valence-electron chi connectivity index (χ1n) is 6.98. The van der Waals surface area contributed by atoms with Crippen molar-refractivity contribution < 1.29 is 13.2 Å². The molecule has 1 aromatic rings. The molecule has 0 unspecified atom stereocenters. The van der Waals surface area contributed by atoms with Crippen molar-refractivity contribution in [2.75, 3.05) is 30.3 Å². The van der Waals surface area contributed by atoms with Crippen LogP contribution in [0.15, 0.2) is 29.2 Å². The maximum Gasteiger partial charge on any atom is 0.215 e. The summed E-state index contributed by atoms with van der Waals surface area (Å²) in [7, 11) is -3.22. The standard InChI is InChI=1S/C14H22N2O3S2/c1-11-9-16(10-12(2)19-11)21(17,18)8-7-20-14-5-3-13(15)4-6-14/h3-6,11-12H,7-10,15H2,1-2H3/t11-,12+. The van der Waals surface area contributed by atoms with Gasteiger partial charge in [0.05, 0.1) is 18.0 Å². The first kappa shape index (κ1) is 16.6. The summed E-state index contributed by atoms with van der Waals surface area (Å²) in [4.78, 5) is 1.03. The first-order chi connectivity index (χ1) is 9.87. The molecule has 5 nitrogen and oxygen atoms in total. The summed E-state index contributed by atoms with van der Waals surface area (Å²) in [6.07, 6.45) is -0.0958. The fourth-order valence-corrected chi connectivity index (χ4v) is 5.19. The average molecular weight is 330 g/mol. The fraction of sp³-hybridized carbons (Fsp3) is 0.571. The molecule has 7 heteroatoms. The van der Waals surface area contributed by atoms with Crippen LogP contribution in [0.1, 0.15) is 13.8 Å². The molecule has 2 rings (SSSR count). The third-order valence-electron chi connectivity index (χ3n) is 3.27. The minimum Gasteiger partial charge on any atom is -0.399 e. The zero-order chi connectivity index (χ0) is 15.5. The third-order valence-corrected chi connectivity index (χ3v) is 6.35. The van der Waals surface area contributed by atoms with Crippen LogP contribution < -0.4 is 5.73 Å². The quantitative estimate of drug-likeness (QED) is 0.658. The number of nitrogens with two attached hydrogens (primary N) is 1. The van der Waals surface area contributed by atoms with Crippen molar-refractivity contribution in [2.45, 2.75) is 31.0 Å². The molecular formula is C14H22N2O3S2. The summed E-state index contributed by atoms with van der Waals surface area (Å²) in [5.41, 5.74) is 6.34. The number of morpholine rings is 1. The van der Waals surface area contributed by atoms with E-state index in [9.17, 15) is 8.42 Å². The predicted octanol–water partition coefficient (Wildman–Crippen LogP) is 1.80. The van der Waals surface area contributed by atoms with Gasteiger partial charge in [0.15, 0.2) is 0 Å². The molecule has 2 N–H and O–H groups in total. The van der Waals surface area contributed by atoms with E-state index in [1.54, 1.807) is 4.31 Å². The number of nitrogen functional groups attached to an aromatic ring is 1. The van der Waals surface area contributed by atoms with E-state index in [0.717, 1.165) is 4.90 Å². The number of hydrogen-bond acceptors (Lipinski definition) is 5. The number of sulfonamides is 1. The Balaban J connectivity index is 1.87. The molecule has 1 aliphatic rings. The SMILES string of the molecule is C[C@@H]1CN(S(=O)(=O)CCSc2ccc(N)cc2)C[C@H](C)O1. The summed E-state index contributed by atoms with van der Waals surface area (Å²) < 4.78 is 31.8. The van der Waals surface area contributed by atoms with Crippen molar-refractivity contribution in [1.29, 1.82) is 0 Å². The fourth-order valence-electron chi connectivity index (χ4n) is 2.32. The van der Waals surface area contributed by atoms with Crippen molar-refractivity contribution >= 4 is 27.5 Å². The van der Waals surface area contributed by atoms with Crippen molar-refractivity contribution in [1.82, 2.24) is 4.31 Å². The van der Waals surface area contributed by atoms with E-state index in [2.05, 4.69) is 0 Å². The molecule has 1 fully saturated rings. The molecule has 0 spiro atoms. The minimum absolute atomic E-state index is 0.0479. The maximum absolute atomic E-state index is 12.4.